The molecule has 0 saturated heterocycles. The van der Waals surface area contributed by atoms with Gasteiger partial charge in [-0.15, -0.1) is 0 Å². The van der Waals surface area contributed by atoms with Crippen LogP contribution in [-0.2, 0) is 4.74 Å². The zero-order chi connectivity index (χ0) is 24.2. The third-order valence-corrected chi connectivity index (χ3v) is 5.89. The summed E-state index contributed by atoms with van der Waals surface area (Å²) in [7, 11) is 0. The quantitative estimate of drug-likeness (QED) is 0.291. The monoisotopic (exact) mass is 459 g/mol. The summed E-state index contributed by atoms with van der Waals surface area (Å²) < 4.78 is 11.7. The molecule has 4 rings (SSSR count). The fraction of sp³-hybridized carbons (Fsp3) is 0.286. The van der Waals surface area contributed by atoms with E-state index < -0.39 is 5.97 Å². The highest BCUT2D eigenvalue weighted by atomic mass is 16.5. The van der Waals surface area contributed by atoms with Crippen LogP contribution in [0.5, 0.6) is 0 Å². The Kier molecular flexibility index (Phi) is 6.98. The summed E-state index contributed by atoms with van der Waals surface area (Å²) in [6.45, 7) is 9.58. The molecule has 1 heterocycles. The average molecular weight is 460 g/mol. The molecular weight excluding hydrogens is 428 g/mol. The van der Waals surface area contributed by atoms with Gasteiger partial charge in [-0.3, -0.25) is 0 Å². The third-order valence-electron chi connectivity index (χ3n) is 5.89. The first-order valence-electron chi connectivity index (χ1n) is 11.7. The van der Waals surface area contributed by atoms with Crippen molar-refractivity contribution in [1.82, 2.24) is 0 Å². The van der Waals surface area contributed by atoms with Gasteiger partial charge in [0.2, 0.25) is 5.36 Å². The zero-order valence-electron chi connectivity index (χ0n) is 20.1. The van der Waals surface area contributed by atoms with Crippen LogP contribution >= 0.6 is 0 Å². The first-order chi connectivity index (χ1) is 16.5. The Morgan fingerprint density at radius 2 is 1.85 bits per heavy atom. The maximum absolute atomic E-state index is 12.9. The van der Waals surface area contributed by atoms with E-state index >= 15 is 0 Å². The van der Waals surface area contributed by atoms with Gasteiger partial charge in [-0.25, -0.2) is 9.79 Å². The van der Waals surface area contributed by atoms with Crippen molar-refractivity contribution in [3.05, 3.63) is 70.6 Å². The van der Waals surface area contributed by atoms with Crippen LogP contribution in [0.1, 0.15) is 35.3 Å². The molecule has 6 heteroatoms. The molecule has 34 heavy (non-hydrogen) atoms. The van der Waals surface area contributed by atoms with Crippen molar-refractivity contribution in [1.29, 1.82) is 0 Å². The number of nitrogens with one attached hydrogen (secondary N) is 2. The molecule has 0 radical (unpaired) electrons. The van der Waals surface area contributed by atoms with E-state index in [1.807, 2.05) is 30.3 Å². The highest BCUT2D eigenvalue weighted by molar-refractivity contribution is 6.08. The minimum Gasteiger partial charge on any atom is -0.460 e. The fourth-order valence-corrected chi connectivity index (χ4v) is 4.35. The number of fused-ring (bicyclic) bond motifs is 2. The molecule has 3 N–H and O–H groups in total. The second-order valence-electron chi connectivity index (χ2n) is 8.27. The van der Waals surface area contributed by atoms with Crippen LogP contribution in [0.2, 0.25) is 0 Å². The molecule has 1 aliphatic carbocycles. The summed E-state index contributed by atoms with van der Waals surface area (Å²) in [6, 6.07) is 15.7. The van der Waals surface area contributed by atoms with Gasteiger partial charge in [-0.05, 0) is 57.0 Å². The summed E-state index contributed by atoms with van der Waals surface area (Å²) in [5.74, 6) is 0.266. The van der Waals surface area contributed by atoms with Crippen LogP contribution in [0.3, 0.4) is 0 Å². The first kappa shape index (κ1) is 23.5. The van der Waals surface area contributed by atoms with Crippen molar-refractivity contribution in [3.8, 4) is 22.5 Å². The van der Waals surface area contributed by atoms with Crippen molar-refractivity contribution in [2.24, 2.45) is 0 Å². The maximum Gasteiger partial charge on any atom is 0.338 e. The predicted octanol–water partition coefficient (Wildman–Crippen LogP) is 3.40. The molecule has 0 fully saturated rings. The molecule has 1 aliphatic heterocycles. The average Bonchev–Trinajstić information content (AvgIpc) is 2.83. The smallest absolute Gasteiger partial charge is 0.338 e. The molecule has 0 bridgehead atoms. The SMILES string of the molecule is CCNc1cc2oc3cc(=[NH+]CC)c(C)cc-3c(-c3ccccc3C(=O)OCCO)c2cc1C. The molecule has 0 saturated carbocycles. The number of benzene rings is 3. The van der Waals surface area contributed by atoms with Gasteiger partial charge in [-0.1, -0.05) is 18.2 Å². The normalized spacial score (nSPS) is 11.9. The Morgan fingerprint density at radius 1 is 1.06 bits per heavy atom. The Bertz CT molecular complexity index is 1390. The lowest BCUT2D eigenvalue weighted by Crippen LogP contribution is -2.76. The van der Waals surface area contributed by atoms with Gasteiger partial charge >= 0.3 is 5.97 Å². The van der Waals surface area contributed by atoms with E-state index in [-0.39, 0.29) is 13.2 Å². The molecule has 2 aliphatic rings. The molecule has 2 aromatic carbocycles. The van der Waals surface area contributed by atoms with Crippen LogP contribution in [0, 0.1) is 13.8 Å². The van der Waals surface area contributed by atoms with E-state index in [4.69, 9.17) is 14.3 Å². The second-order valence-corrected chi connectivity index (χ2v) is 8.27. The highest BCUT2D eigenvalue weighted by Crippen LogP contribution is 2.42. The van der Waals surface area contributed by atoms with Gasteiger partial charge in [0.1, 0.15) is 24.5 Å². The number of carbonyl (C=O) groups excluding carboxylic acids is 1. The number of anilines is 1. The second kappa shape index (κ2) is 10.1. The van der Waals surface area contributed by atoms with E-state index in [1.165, 1.54) is 0 Å². The Labute approximate surface area is 199 Å². The van der Waals surface area contributed by atoms with Crippen molar-refractivity contribution in [2.45, 2.75) is 27.7 Å². The van der Waals surface area contributed by atoms with E-state index in [1.54, 1.807) is 6.07 Å². The van der Waals surface area contributed by atoms with Gasteiger partial charge in [0.25, 0.3) is 0 Å². The van der Waals surface area contributed by atoms with E-state index in [0.29, 0.717) is 5.56 Å². The lowest BCUT2D eigenvalue weighted by molar-refractivity contribution is -0.496. The number of aliphatic hydroxyl groups excluding tert-OH is 1. The molecular formula is C28H31N2O4+. The number of hydrogen-bond acceptors (Lipinski definition) is 5. The summed E-state index contributed by atoms with van der Waals surface area (Å²) in [4.78, 5) is 16.3. The number of aryl methyl sites for hydroxylation is 2. The summed E-state index contributed by atoms with van der Waals surface area (Å²) in [5.41, 5.74) is 6.98. The van der Waals surface area contributed by atoms with Crippen molar-refractivity contribution < 1.29 is 24.0 Å². The summed E-state index contributed by atoms with van der Waals surface area (Å²) in [6.07, 6.45) is 0. The van der Waals surface area contributed by atoms with Crippen LogP contribution in [0.4, 0.5) is 5.69 Å². The van der Waals surface area contributed by atoms with Crippen molar-refractivity contribution in [2.75, 3.05) is 31.6 Å². The minimum absolute atomic E-state index is 0.0465. The number of aliphatic hydroxyl groups is 1. The number of rotatable bonds is 7. The molecule has 0 amide bonds. The number of ether oxygens (including phenoxy) is 1. The molecule has 176 valence electrons. The molecule has 6 nitrogen and oxygen atoms in total. The van der Waals surface area contributed by atoms with Crippen LogP contribution in [0.15, 0.2) is 52.9 Å². The fourth-order valence-electron chi connectivity index (χ4n) is 4.35. The van der Waals surface area contributed by atoms with Gasteiger partial charge in [0.15, 0.2) is 0 Å². The highest BCUT2D eigenvalue weighted by Gasteiger charge is 2.24. The summed E-state index contributed by atoms with van der Waals surface area (Å²) in [5, 5.41) is 14.5. The van der Waals surface area contributed by atoms with Crippen molar-refractivity contribution in [3.63, 3.8) is 0 Å². The molecule has 0 unspecified atom stereocenters. The van der Waals surface area contributed by atoms with E-state index in [9.17, 15) is 4.79 Å². The standard InChI is InChI=1S/C28H30N2O4/c1-5-29-23-15-25-21(13-17(23)3)27(19-9-7-8-10-20(19)28(32)33-12-11-31)22-14-18(4)24(30-6-2)16-26(22)34-25/h7-10,13-16,29,31H,5-6,11-12H2,1-4H3/p+1. The Morgan fingerprint density at radius 3 is 2.59 bits per heavy atom. The number of esters is 1. The molecule has 0 spiro atoms. The lowest BCUT2D eigenvalue weighted by atomic mass is 9.89. The van der Waals surface area contributed by atoms with Gasteiger partial charge in [0.05, 0.1) is 18.2 Å². The predicted molar refractivity (Wildman–Crippen MR) is 134 cm³/mol. The molecule has 0 aromatic heterocycles. The lowest BCUT2D eigenvalue weighted by Gasteiger charge is -2.19. The molecule has 2 aromatic rings. The van der Waals surface area contributed by atoms with Crippen molar-refractivity contribution >= 4 is 22.6 Å². The topological polar surface area (TPSA) is 85.7 Å². The van der Waals surface area contributed by atoms with Gasteiger partial charge < -0.3 is 19.6 Å². The van der Waals surface area contributed by atoms with Gasteiger partial charge in [-0.2, -0.15) is 0 Å². The maximum atomic E-state index is 12.9. The van der Waals surface area contributed by atoms with Crippen LogP contribution < -0.4 is 15.7 Å². The minimum atomic E-state index is -0.464. The Balaban J connectivity index is 2.11. The van der Waals surface area contributed by atoms with Crippen LogP contribution in [0.25, 0.3) is 33.4 Å². The van der Waals surface area contributed by atoms with E-state index in [2.05, 4.69) is 50.1 Å². The number of hydrogen-bond donors (Lipinski definition) is 3. The summed E-state index contributed by atoms with van der Waals surface area (Å²) >= 11 is 0. The first-order valence-corrected chi connectivity index (χ1v) is 11.7. The number of carbonyl (C=O) groups is 1. The third kappa shape index (κ3) is 4.41. The molecule has 0 atom stereocenters. The van der Waals surface area contributed by atoms with Gasteiger partial charge in [0, 0.05) is 40.4 Å². The Hall–Kier alpha value is -3.64. The zero-order valence-corrected chi connectivity index (χ0v) is 20.1. The largest absolute Gasteiger partial charge is 0.460 e. The van der Waals surface area contributed by atoms with E-state index in [0.717, 1.165) is 68.7 Å². The van der Waals surface area contributed by atoms with Crippen LogP contribution in [-0.4, -0.2) is 37.4 Å².